The van der Waals surface area contributed by atoms with Crippen LogP contribution in [0.3, 0.4) is 0 Å². The van der Waals surface area contributed by atoms with Crippen LogP contribution >= 0.6 is 0 Å². The van der Waals surface area contributed by atoms with Gasteiger partial charge < -0.3 is 24.9 Å². The lowest BCUT2D eigenvalue weighted by molar-refractivity contribution is 0.294. The highest BCUT2D eigenvalue weighted by atomic mass is 16.3. The van der Waals surface area contributed by atoms with Crippen LogP contribution in [0.25, 0.3) is 0 Å². The van der Waals surface area contributed by atoms with Gasteiger partial charge in [0.1, 0.15) is 20.0 Å². The Morgan fingerprint density at radius 1 is 0.895 bits per heavy atom. The molecular formula is C10H17N7O2. The van der Waals surface area contributed by atoms with Gasteiger partial charge in [-0.25, -0.2) is 0 Å². The van der Waals surface area contributed by atoms with E-state index in [4.69, 9.17) is 15.5 Å². The third-order valence-electron chi connectivity index (χ3n) is 2.36. The van der Waals surface area contributed by atoms with Crippen molar-refractivity contribution in [2.75, 3.05) is 55.8 Å². The van der Waals surface area contributed by atoms with Gasteiger partial charge in [-0.2, -0.15) is 20.2 Å². The van der Waals surface area contributed by atoms with E-state index in [-0.39, 0.29) is 31.9 Å². The van der Waals surface area contributed by atoms with Gasteiger partial charge in [0.15, 0.2) is 0 Å². The molecule has 9 nitrogen and oxygen atoms in total. The molecule has 0 spiro atoms. The maximum Gasteiger partial charge on any atom is 0.233 e. The first-order valence-corrected chi connectivity index (χ1v) is 5.51. The lowest BCUT2D eigenvalue weighted by atomic mass is 10.6. The van der Waals surface area contributed by atoms with Crippen molar-refractivity contribution in [3.63, 3.8) is 0 Å². The van der Waals surface area contributed by atoms with E-state index in [1.165, 1.54) is 9.80 Å². The quantitative estimate of drug-likeness (QED) is 0.474. The Balaban J connectivity index is 3.20. The van der Waals surface area contributed by atoms with E-state index < -0.39 is 0 Å². The summed E-state index contributed by atoms with van der Waals surface area (Å²) in [6, 6.07) is 1.99. The number of rotatable bonds is 6. The molecule has 0 unspecified atom stereocenters. The van der Waals surface area contributed by atoms with E-state index in [0.29, 0.717) is 5.95 Å². The Morgan fingerprint density at radius 3 is 1.58 bits per heavy atom. The molecule has 104 valence electrons. The minimum Gasteiger partial charge on any atom is -0.376 e. The Bertz CT molecular complexity index is 433. The molecule has 0 fully saturated rings. The van der Waals surface area contributed by atoms with Crippen LogP contribution in [0.5, 0.6) is 0 Å². The van der Waals surface area contributed by atoms with E-state index in [0.717, 1.165) is 0 Å². The highest BCUT2D eigenvalue weighted by Gasteiger charge is 2.14. The zero-order valence-corrected chi connectivity index (χ0v) is 11.1. The van der Waals surface area contributed by atoms with Crippen LogP contribution in [0.1, 0.15) is 0 Å². The number of hydrogen-bond acceptors (Lipinski definition) is 9. The molecule has 0 saturated carbocycles. The molecule has 0 aliphatic rings. The number of nitriles is 1. The molecule has 0 aliphatic carbocycles. The van der Waals surface area contributed by atoms with Crippen LogP contribution in [0, 0.1) is 11.3 Å². The molecule has 0 aliphatic heterocycles. The Hall–Kier alpha value is -2.18. The van der Waals surface area contributed by atoms with Crippen molar-refractivity contribution in [1.29, 1.82) is 5.26 Å². The molecule has 1 rings (SSSR count). The molecule has 0 amide bonds. The summed E-state index contributed by atoms with van der Waals surface area (Å²) in [5.74, 6) is 0.808. The second-order valence-electron chi connectivity index (χ2n) is 3.93. The van der Waals surface area contributed by atoms with E-state index in [1.54, 1.807) is 26.0 Å². The largest absolute Gasteiger partial charge is 0.376 e. The van der Waals surface area contributed by atoms with Crippen LogP contribution in [0.4, 0.5) is 17.8 Å². The number of aliphatic hydroxyl groups excluding tert-OH is 2. The summed E-state index contributed by atoms with van der Waals surface area (Å²) in [4.78, 5) is 16.8. The van der Waals surface area contributed by atoms with Crippen LogP contribution < -0.4 is 14.7 Å². The summed E-state index contributed by atoms with van der Waals surface area (Å²) in [5.41, 5.74) is 0. The zero-order chi connectivity index (χ0) is 14.4. The van der Waals surface area contributed by atoms with Crippen molar-refractivity contribution in [2.24, 2.45) is 0 Å². The smallest absolute Gasteiger partial charge is 0.233 e. The molecule has 19 heavy (non-hydrogen) atoms. The SMILES string of the molecule is CN(CO)c1nc(N(C)CO)nc(N(C)CC#N)n1. The summed E-state index contributed by atoms with van der Waals surface area (Å²) in [7, 11) is 4.91. The molecule has 1 aromatic heterocycles. The number of aliphatic hydroxyl groups is 2. The average molecular weight is 267 g/mol. The molecule has 1 heterocycles. The van der Waals surface area contributed by atoms with Crippen LogP contribution in [-0.4, -0.2) is 66.3 Å². The van der Waals surface area contributed by atoms with Crippen molar-refractivity contribution in [2.45, 2.75) is 0 Å². The highest BCUT2D eigenvalue weighted by molar-refractivity contribution is 5.45. The normalized spacial score (nSPS) is 9.89. The fourth-order valence-electron chi connectivity index (χ4n) is 1.16. The molecule has 0 atom stereocenters. The van der Waals surface area contributed by atoms with Crippen LogP contribution in [0.15, 0.2) is 0 Å². The van der Waals surface area contributed by atoms with Gasteiger partial charge in [-0.15, -0.1) is 0 Å². The van der Waals surface area contributed by atoms with Crippen molar-refractivity contribution in [3.05, 3.63) is 0 Å². The number of aromatic nitrogens is 3. The zero-order valence-electron chi connectivity index (χ0n) is 11.1. The lowest BCUT2D eigenvalue weighted by Crippen LogP contribution is -2.28. The molecule has 2 N–H and O–H groups in total. The van der Waals surface area contributed by atoms with E-state index >= 15 is 0 Å². The van der Waals surface area contributed by atoms with Crippen LogP contribution in [-0.2, 0) is 0 Å². The highest BCUT2D eigenvalue weighted by Crippen LogP contribution is 2.16. The summed E-state index contributed by atoms with van der Waals surface area (Å²) >= 11 is 0. The first kappa shape index (κ1) is 14.9. The van der Waals surface area contributed by atoms with E-state index in [9.17, 15) is 0 Å². The molecule has 0 aromatic carbocycles. The number of hydrogen-bond donors (Lipinski definition) is 2. The Labute approximate surface area is 111 Å². The van der Waals surface area contributed by atoms with Gasteiger partial charge in [0.25, 0.3) is 0 Å². The standard InChI is InChI=1S/C10H17N7O2/c1-15(5-4-11)8-12-9(16(2)6-18)14-10(13-8)17(3)7-19/h18-19H,5-7H2,1-3H3. The monoisotopic (exact) mass is 267 g/mol. The van der Waals surface area contributed by atoms with Gasteiger partial charge in [-0.1, -0.05) is 0 Å². The topological polar surface area (TPSA) is 113 Å². The molecule has 0 saturated heterocycles. The molecule has 1 aromatic rings. The fraction of sp³-hybridized carbons (Fsp3) is 0.600. The predicted octanol–water partition coefficient (Wildman–Crippen LogP) is -1.40. The Kier molecular flexibility index (Phi) is 5.23. The van der Waals surface area contributed by atoms with Crippen molar-refractivity contribution < 1.29 is 10.2 Å². The van der Waals surface area contributed by atoms with Gasteiger partial charge in [0.05, 0.1) is 6.07 Å². The van der Waals surface area contributed by atoms with Crippen LogP contribution in [0.2, 0.25) is 0 Å². The number of nitrogens with zero attached hydrogens (tertiary/aromatic N) is 7. The second-order valence-corrected chi connectivity index (χ2v) is 3.93. The van der Waals surface area contributed by atoms with Gasteiger partial charge >= 0.3 is 0 Å². The minimum atomic E-state index is -0.256. The molecule has 0 bridgehead atoms. The van der Waals surface area contributed by atoms with Gasteiger partial charge in [0, 0.05) is 21.1 Å². The minimum absolute atomic E-state index is 0.120. The van der Waals surface area contributed by atoms with E-state index in [2.05, 4.69) is 15.0 Å². The maximum atomic E-state index is 9.10. The summed E-state index contributed by atoms with van der Waals surface area (Å²) < 4.78 is 0. The third kappa shape index (κ3) is 3.64. The summed E-state index contributed by atoms with van der Waals surface area (Å²) in [6.45, 7) is -0.393. The molecule has 9 heteroatoms. The lowest BCUT2D eigenvalue weighted by Gasteiger charge is -2.21. The molecule has 0 radical (unpaired) electrons. The Morgan fingerprint density at radius 2 is 1.26 bits per heavy atom. The van der Waals surface area contributed by atoms with Gasteiger partial charge in [0.2, 0.25) is 17.8 Å². The third-order valence-corrected chi connectivity index (χ3v) is 2.36. The second kappa shape index (κ2) is 6.67. The van der Waals surface area contributed by atoms with Crippen molar-refractivity contribution in [3.8, 4) is 6.07 Å². The first-order chi connectivity index (χ1) is 9.03. The maximum absolute atomic E-state index is 9.10. The summed E-state index contributed by atoms with van der Waals surface area (Å²) in [6.07, 6.45) is 0. The summed E-state index contributed by atoms with van der Waals surface area (Å²) in [5, 5.41) is 26.9. The number of anilines is 3. The van der Waals surface area contributed by atoms with Crippen molar-refractivity contribution in [1.82, 2.24) is 15.0 Å². The fourth-order valence-corrected chi connectivity index (χ4v) is 1.16. The van der Waals surface area contributed by atoms with Gasteiger partial charge in [-0.05, 0) is 0 Å². The van der Waals surface area contributed by atoms with Gasteiger partial charge in [-0.3, -0.25) is 0 Å². The van der Waals surface area contributed by atoms with Crippen molar-refractivity contribution >= 4 is 17.8 Å². The molecular weight excluding hydrogens is 250 g/mol. The first-order valence-electron chi connectivity index (χ1n) is 5.51. The predicted molar refractivity (Wildman–Crippen MR) is 69.7 cm³/mol. The van der Waals surface area contributed by atoms with E-state index in [1.807, 2.05) is 6.07 Å². The average Bonchev–Trinajstić information content (AvgIpc) is 2.45.